The van der Waals surface area contributed by atoms with Crippen LogP contribution >= 0.6 is 23.2 Å². The summed E-state index contributed by atoms with van der Waals surface area (Å²) in [6.07, 6.45) is 0.766. The lowest BCUT2D eigenvalue weighted by Crippen LogP contribution is -2.04. The highest BCUT2D eigenvalue weighted by molar-refractivity contribution is 6.35. The van der Waals surface area contributed by atoms with E-state index in [0.29, 0.717) is 28.9 Å². The van der Waals surface area contributed by atoms with Crippen LogP contribution in [0.2, 0.25) is 10.2 Å². The second kappa shape index (κ2) is 5.08. The maximum Gasteiger partial charge on any atom is 0.153 e. The van der Waals surface area contributed by atoms with Crippen LogP contribution in [-0.2, 0) is 11.3 Å². The van der Waals surface area contributed by atoms with Crippen molar-refractivity contribution in [3.05, 3.63) is 33.9 Å². The minimum Gasteiger partial charge on any atom is -0.383 e. The van der Waals surface area contributed by atoms with Crippen LogP contribution in [0, 0.1) is 0 Å². The first kappa shape index (κ1) is 12.4. The third-order valence-corrected chi connectivity index (χ3v) is 3.28. The molecule has 2 rings (SSSR count). The third-order valence-electron chi connectivity index (χ3n) is 2.64. The lowest BCUT2D eigenvalue weighted by atomic mass is 10.2. The fraction of sp³-hybridized carbons (Fsp3) is 0.250. The molecule has 1 heterocycles. The van der Waals surface area contributed by atoms with E-state index < -0.39 is 0 Å². The molecule has 0 saturated carbocycles. The zero-order valence-corrected chi connectivity index (χ0v) is 10.8. The number of benzene rings is 1. The van der Waals surface area contributed by atoms with E-state index in [1.54, 1.807) is 25.3 Å². The van der Waals surface area contributed by atoms with Crippen molar-refractivity contribution in [1.29, 1.82) is 0 Å². The van der Waals surface area contributed by atoms with Gasteiger partial charge in [-0.05, 0) is 12.1 Å². The number of halogens is 2. The number of carbonyl (C=O) groups is 1. The Morgan fingerprint density at radius 1 is 1.41 bits per heavy atom. The predicted octanol–water partition coefficient (Wildman–Crippen LogP) is 3.41. The number of aldehydes is 1. The number of carbonyl (C=O) groups excluding carboxylic acids is 1. The van der Waals surface area contributed by atoms with Gasteiger partial charge in [-0.2, -0.15) is 0 Å². The molecule has 0 aliphatic heterocycles. The average molecular weight is 272 g/mol. The molecule has 5 heteroatoms. The van der Waals surface area contributed by atoms with Gasteiger partial charge in [-0.3, -0.25) is 4.79 Å². The summed E-state index contributed by atoms with van der Waals surface area (Å²) in [6.45, 7) is 1.11. The molecule has 0 unspecified atom stereocenters. The lowest BCUT2D eigenvalue weighted by molar-refractivity contribution is 0.112. The highest BCUT2D eigenvalue weighted by Crippen LogP contribution is 2.30. The first-order chi connectivity index (χ1) is 8.19. The zero-order valence-electron chi connectivity index (χ0n) is 9.24. The monoisotopic (exact) mass is 271 g/mol. The third kappa shape index (κ3) is 2.18. The first-order valence-corrected chi connectivity index (χ1v) is 5.86. The molecule has 3 nitrogen and oxygen atoms in total. The van der Waals surface area contributed by atoms with Gasteiger partial charge in [-0.25, -0.2) is 0 Å². The Hall–Kier alpha value is -1.03. The molecule has 2 aromatic rings. The highest BCUT2D eigenvalue weighted by Gasteiger charge is 2.14. The summed E-state index contributed by atoms with van der Waals surface area (Å²) < 4.78 is 6.85. The molecule has 0 fully saturated rings. The number of nitrogens with zero attached hydrogens (tertiary/aromatic N) is 1. The molecule has 0 spiro atoms. The average Bonchev–Trinajstić information content (AvgIpc) is 2.58. The molecule has 0 amide bonds. The molecule has 1 aromatic carbocycles. The Bertz CT molecular complexity index is 563. The molecule has 0 radical (unpaired) electrons. The topological polar surface area (TPSA) is 31.2 Å². The standard InChI is InChI=1S/C12H11Cl2NO2/c1-17-5-4-15-11-6-8(13)2-3-9(11)10(7-16)12(15)14/h2-3,6-7H,4-5H2,1H3. The van der Waals surface area contributed by atoms with E-state index in [4.69, 9.17) is 27.9 Å². The van der Waals surface area contributed by atoms with E-state index in [0.717, 1.165) is 17.2 Å². The van der Waals surface area contributed by atoms with Gasteiger partial charge in [0, 0.05) is 24.1 Å². The molecule has 0 N–H and O–H groups in total. The van der Waals surface area contributed by atoms with Crippen LogP contribution in [0.5, 0.6) is 0 Å². The molecule has 90 valence electrons. The van der Waals surface area contributed by atoms with Gasteiger partial charge in [0.2, 0.25) is 0 Å². The molecule has 0 atom stereocenters. The fourth-order valence-electron chi connectivity index (χ4n) is 1.83. The van der Waals surface area contributed by atoms with Crippen molar-refractivity contribution in [1.82, 2.24) is 4.57 Å². The molecular formula is C12H11Cl2NO2. The van der Waals surface area contributed by atoms with Gasteiger partial charge in [-0.15, -0.1) is 0 Å². The van der Waals surface area contributed by atoms with Crippen LogP contribution in [0.4, 0.5) is 0 Å². The summed E-state index contributed by atoms with van der Waals surface area (Å²) in [5.41, 5.74) is 1.34. The number of methoxy groups -OCH3 is 1. The minimum absolute atomic E-state index is 0.425. The summed E-state index contributed by atoms with van der Waals surface area (Å²) in [5.74, 6) is 0. The summed E-state index contributed by atoms with van der Waals surface area (Å²) in [5, 5.41) is 1.85. The van der Waals surface area contributed by atoms with Crippen LogP contribution in [0.25, 0.3) is 10.9 Å². The second-order valence-corrected chi connectivity index (χ2v) is 4.42. The molecule has 1 aromatic heterocycles. The van der Waals surface area contributed by atoms with E-state index >= 15 is 0 Å². The predicted molar refractivity (Wildman–Crippen MR) is 69.2 cm³/mol. The largest absolute Gasteiger partial charge is 0.383 e. The molecule has 0 bridgehead atoms. The Morgan fingerprint density at radius 2 is 2.18 bits per heavy atom. The van der Waals surface area contributed by atoms with E-state index in [2.05, 4.69) is 0 Å². The molecule has 0 aliphatic carbocycles. The second-order valence-electron chi connectivity index (χ2n) is 3.63. The normalized spacial score (nSPS) is 11.0. The Morgan fingerprint density at radius 3 is 2.82 bits per heavy atom. The number of fused-ring (bicyclic) bond motifs is 1. The summed E-state index contributed by atoms with van der Waals surface area (Å²) in [6, 6.07) is 5.34. The van der Waals surface area contributed by atoms with Gasteiger partial charge < -0.3 is 9.30 Å². The SMILES string of the molecule is COCCn1c(Cl)c(C=O)c2ccc(Cl)cc21. The summed E-state index contributed by atoms with van der Waals surface area (Å²) >= 11 is 12.1. The van der Waals surface area contributed by atoms with Crippen LogP contribution in [0.3, 0.4) is 0 Å². The van der Waals surface area contributed by atoms with E-state index in [1.165, 1.54) is 0 Å². The van der Waals surface area contributed by atoms with Crippen molar-refractivity contribution in [2.45, 2.75) is 6.54 Å². The van der Waals surface area contributed by atoms with E-state index in [9.17, 15) is 4.79 Å². The number of aromatic nitrogens is 1. The quantitative estimate of drug-likeness (QED) is 0.799. The van der Waals surface area contributed by atoms with Crippen LogP contribution in [0.15, 0.2) is 18.2 Å². The van der Waals surface area contributed by atoms with Crippen LogP contribution in [0.1, 0.15) is 10.4 Å². The van der Waals surface area contributed by atoms with E-state index in [-0.39, 0.29) is 0 Å². The van der Waals surface area contributed by atoms with Gasteiger partial charge in [0.05, 0.1) is 17.7 Å². The molecule has 17 heavy (non-hydrogen) atoms. The fourth-order valence-corrected chi connectivity index (χ4v) is 2.32. The molecule has 0 aliphatic rings. The number of rotatable bonds is 4. The van der Waals surface area contributed by atoms with Gasteiger partial charge in [0.15, 0.2) is 6.29 Å². The smallest absolute Gasteiger partial charge is 0.153 e. The van der Waals surface area contributed by atoms with Crippen molar-refractivity contribution in [2.24, 2.45) is 0 Å². The van der Waals surface area contributed by atoms with Crippen molar-refractivity contribution < 1.29 is 9.53 Å². The molecular weight excluding hydrogens is 261 g/mol. The number of ether oxygens (including phenoxy) is 1. The van der Waals surface area contributed by atoms with Crippen LogP contribution < -0.4 is 0 Å². The van der Waals surface area contributed by atoms with Crippen LogP contribution in [-0.4, -0.2) is 24.6 Å². The number of hydrogen-bond donors (Lipinski definition) is 0. The minimum atomic E-state index is 0.425. The summed E-state index contributed by atoms with van der Waals surface area (Å²) in [7, 11) is 1.62. The Kier molecular flexibility index (Phi) is 3.72. The lowest BCUT2D eigenvalue weighted by Gasteiger charge is -2.06. The van der Waals surface area contributed by atoms with Gasteiger partial charge in [0.25, 0.3) is 0 Å². The van der Waals surface area contributed by atoms with E-state index in [1.807, 2.05) is 4.57 Å². The zero-order chi connectivity index (χ0) is 12.4. The first-order valence-electron chi connectivity index (χ1n) is 5.10. The maximum atomic E-state index is 11.1. The number of hydrogen-bond acceptors (Lipinski definition) is 2. The van der Waals surface area contributed by atoms with Crippen molar-refractivity contribution in [3.63, 3.8) is 0 Å². The van der Waals surface area contributed by atoms with Gasteiger partial charge in [-0.1, -0.05) is 29.3 Å². The maximum absolute atomic E-state index is 11.1. The van der Waals surface area contributed by atoms with Crippen molar-refractivity contribution >= 4 is 40.4 Å². The summed E-state index contributed by atoms with van der Waals surface area (Å²) in [4.78, 5) is 11.1. The Labute approximate surface area is 109 Å². The highest BCUT2D eigenvalue weighted by atomic mass is 35.5. The van der Waals surface area contributed by atoms with Gasteiger partial charge >= 0.3 is 0 Å². The Balaban J connectivity index is 2.67. The van der Waals surface area contributed by atoms with Crippen molar-refractivity contribution in [2.75, 3.05) is 13.7 Å². The van der Waals surface area contributed by atoms with Gasteiger partial charge in [0.1, 0.15) is 5.15 Å². The van der Waals surface area contributed by atoms with Crippen molar-refractivity contribution in [3.8, 4) is 0 Å². The molecule has 0 saturated heterocycles.